The molecule has 0 aliphatic heterocycles. The van der Waals surface area contributed by atoms with Crippen molar-refractivity contribution in [2.75, 3.05) is 13.1 Å². The molecule has 1 aromatic heterocycles. The number of aromatic nitrogens is 2. The molecular weight excluding hydrogens is 270 g/mol. The lowest BCUT2D eigenvalue weighted by molar-refractivity contribution is -0.138. The predicted molar refractivity (Wildman–Crippen MR) is 78.9 cm³/mol. The first kappa shape index (κ1) is 15.0. The second-order valence-corrected chi connectivity index (χ2v) is 4.82. The van der Waals surface area contributed by atoms with Gasteiger partial charge in [0.05, 0.1) is 17.5 Å². The Morgan fingerprint density at radius 2 is 2.05 bits per heavy atom. The van der Waals surface area contributed by atoms with Gasteiger partial charge < -0.3 is 15.0 Å². The lowest BCUT2D eigenvalue weighted by Crippen LogP contribution is -2.33. The van der Waals surface area contributed by atoms with Gasteiger partial charge in [0, 0.05) is 25.9 Å². The standard InChI is InChI=1S/C15H19N3O3/c1-2-18(10-9-15(20)21)14(19)8-7-13-16-11-5-3-4-6-12(11)17-13/h3-6H,2,7-10H2,1H3,(H,16,17)(H,20,21). The van der Waals surface area contributed by atoms with Crippen molar-refractivity contribution in [1.29, 1.82) is 0 Å². The highest BCUT2D eigenvalue weighted by molar-refractivity contribution is 5.78. The van der Waals surface area contributed by atoms with Crippen molar-refractivity contribution < 1.29 is 14.7 Å². The molecule has 0 fully saturated rings. The summed E-state index contributed by atoms with van der Waals surface area (Å²) in [7, 11) is 0. The summed E-state index contributed by atoms with van der Waals surface area (Å²) in [5.74, 6) is -0.156. The smallest absolute Gasteiger partial charge is 0.305 e. The molecular formula is C15H19N3O3. The monoisotopic (exact) mass is 289 g/mol. The van der Waals surface area contributed by atoms with Crippen LogP contribution in [0.25, 0.3) is 11.0 Å². The highest BCUT2D eigenvalue weighted by Gasteiger charge is 2.14. The van der Waals surface area contributed by atoms with Crippen molar-refractivity contribution in [3.05, 3.63) is 30.1 Å². The maximum atomic E-state index is 12.1. The van der Waals surface area contributed by atoms with Gasteiger partial charge in [-0.15, -0.1) is 0 Å². The van der Waals surface area contributed by atoms with E-state index in [2.05, 4.69) is 9.97 Å². The molecule has 6 nitrogen and oxygen atoms in total. The first-order chi connectivity index (χ1) is 10.1. The van der Waals surface area contributed by atoms with E-state index in [0.717, 1.165) is 16.9 Å². The molecule has 21 heavy (non-hydrogen) atoms. The number of carboxylic acids is 1. The molecule has 2 N–H and O–H groups in total. The van der Waals surface area contributed by atoms with Crippen LogP contribution < -0.4 is 0 Å². The van der Waals surface area contributed by atoms with Crippen molar-refractivity contribution in [1.82, 2.24) is 14.9 Å². The molecule has 0 aliphatic carbocycles. The Kier molecular flexibility index (Phi) is 4.92. The van der Waals surface area contributed by atoms with Crippen molar-refractivity contribution in [2.45, 2.75) is 26.2 Å². The Morgan fingerprint density at radius 3 is 2.71 bits per heavy atom. The van der Waals surface area contributed by atoms with E-state index in [4.69, 9.17) is 5.11 Å². The number of imidazole rings is 1. The number of nitrogens with one attached hydrogen (secondary N) is 1. The first-order valence-electron chi connectivity index (χ1n) is 7.03. The Bertz CT molecular complexity index is 603. The molecule has 0 unspecified atom stereocenters. The molecule has 0 radical (unpaired) electrons. The van der Waals surface area contributed by atoms with E-state index < -0.39 is 5.97 Å². The van der Waals surface area contributed by atoms with Gasteiger partial charge in [0.2, 0.25) is 5.91 Å². The van der Waals surface area contributed by atoms with Gasteiger partial charge in [0.15, 0.2) is 0 Å². The highest BCUT2D eigenvalue weighted by Crippen LogP contribution is 2.11. The van der Waals surface area contributed by atoms with Gasteiger partial charge >= 0.3 is 5.97 Å². The maximum absolute atomic E-state index is 12.1. The van der Waals surface area contributed by atoms with Crippen LogP contribution in [0.2, 0.25) is 0 Å². The van der Waals surface area contributed by atoms with E-state index in [1.54, 1.807) is 4.90 Å². The molecule has 2 rings (SSSR count). The van der Waals surface area contributed by atoms with Crippen LogP contribution in [-0.2, 0) is 16.0 Å². The van der Waals surface area contributed by atoms with E-state index >= 15 is 0 Å². The maximum Gasteiger partial charge on any atom is 0.305 e. The summed E-state index contributed by atoms with van der Waals surface area (Å²) in [6.45, 7) is 2.62. The molecule has 0 aliphatic rings. The number of nitrogens with zero attached hydrogens (tertiary/aromatic N) is 2. The number of benzene rings is 1. The van der Waals surface area contributed by atoms with Crippen LogP contribution in [0, 0.1) is 0 Å². The van der Waals surface area contributed by atoms with E-state index in [9.17, 15) is 9.59 Å². The zero-order valence-corrected chi connectivity index (χ0v) is 12.0. The van der Waals surface area contributed by atoms with E-state index in [1.165, 1.54) is 0 Å². The quantitative estimate of drug-likeness (QED) is 0.814. The number of rotatable bonds is 7. The fourth-order valence-corrected chi connectivity index (χ4v) is 2.20. The van der Waals surface area contributed by atoms with Crippen molar-refractivity contribution in [3.8, 4) is 0 Å². The Labute approximate surface area is 122 Å². The number of aromatic amines is 1. The molecule has 0 saturated carbocycles. The Hall–Kier alpha value is -2.37. The van der Waals surface area contributed by atoms with Crippen LogP contribution >= 0.6 is 0 Å². The van der Waals surface area contributed by atoms with Crippen molar-refractivity contribution >= 4 is 22.9 Å². The first-order valence-corrected chi connectivity index (χ1v) is 7.03. The zero-order valence-electron chi connectivity index (χ0n) is 12.0. The predicted octanol–water partition coefficient (Wildman–Crippen LogP) is 1.82. The molecule has 112 valence electrons. The summed E-state index contributed by atoms with van der Waals surface area (Å²) in [5, 5.41) is 8.68. The molecule has 2 aromatic rings. The van der Waals surface area contributed by atoms with E-state index in [-0.39, 0.29) is 18.9 Å². The minimum absolute atomic E-state index is 0.0236. The molecule has 1 aromatic carbocycles. The van der Waals surface area contributed by atoms with E-state index in [1.807, 2.05) is 31.2 Å². The molecule has 0 atom stereocenters. The van der Waals surface area contributed by atoms with Gasteiger partial charge in [-0.2, -0.15) is 0 Å². The van der Waals surface area contributed by atoms with Crippen LogP contribution in [0.3, 0.4) is 0 Å². The van der Waals surface area contributed by atoms with Gasteiger partial charge in [-0.1, -0.05) is 12.1 Å². The summed E-state index contributed by atoms with van der Waals surface area (Å²) in [6, 6.07) is 7.71. The normalized spacial score (nSPS) is 10.7. The summed E-state index contributed by atoms with van der Waals surface area (Å²) in [6.07, 6.45) is 0.828. The van der Waals surface area contributed by atoms with Gasteiger partial charge in [0.1, 0.15) is 5.82 Å². The number of para-hydroxylation sites is 2. The van der Waals surface area contributed by atoms with Crippen LogP contribution in [0.1, 0.15) is 25.6 Å². The molecule has 1 heterocycles. The highest BCUT2D eigenvalue weighted by atomic mass is 16.4. The number of hydrogen-bond donors (Lipinski definition) is 2. The second kappa shape index (κ2) is 6.88. The summed E-state index contributed by atoms with van der Waals surface area (Å²) in [4.78, 5) is 31.8. The average molecular weight is 289 g/mol. The minimum Gasteiger partial charge on any atom is -0.481 e. The third kappa shape index (κ3) is 4.05. The molecule has 0 saturated heterocycles. The van der Waals surface area contributed by atoms with E-state index in [0.29, 0.717) is 19.4 Å². The van der Waals surface area contributed by atoms with Crippen molar-refractivity contribution in [2.24, 2.45) is 0 Å². The van der Waals surface area contributed by atoms with Crippen molar-refractivity contribution in [3.63, 3.8) is 0 Å². The van der Waals surface area contributed by atoms with Gasteiger partial charge in [-0.3, -0.25) is 9.59 Å². The Morgan fingerprint density at radius 1 is 1.29 bits per heavy atom. The molecule has 1 amide bonds. The number of amides is 1. The summed E-state index contributed by atoms with van der Waals surface area (Å²) < 4.78 is 0. The SMILES string of the molecule is CCN(CCC(=O)O)C(=O)CCc1nc2ccccc2[nH]1. The number of aryl methyl sites for hydroxylation is 1. The number of fused-ring (bicyclic) bond motifs is 1. The molecule has 6 heteroatoms. The largest absolute Gasteiger partial charge is 0.481 e. The number of carboxylic acid groups (broad SMARTS) is 1. The topological polar surface area (TPSA) is 86.3 Å². The number of carbonyl (C=O) groups excluding carboxylic acids is 1. The Balaban J connectivity index is 1.91. The van der Waals surface area contributed by atoms with Gasteiger partial charge in [-0.05, 0) is 19.1 Å². The lowest BCUT2D eigenvalue weighted by atomic mass is 10.2. The molecule has 0 bridgehead atoms. The second-order valence-electron chi connectivity index (χ2n) is 4.82. The number of hydrogen-bond acceptors (Lipinski definition) is 3. The fraction of sp³-hybridized carbons (Fsp3) is 0.400. The van der Waals surface area contributed by atoms with Gasteiger partial charge in [-0.25, -0.2) is 4.98 Å². The number of carbonyl (C=O) groups is 2. The van der Waals surface area contributed by atoms with Gasteiger partial charge in [0.25, 0.3) is 0 Å². The van der Waals surface area contributed by atoms with Crippen LogP contribution in [-0.4, -0.2) is 44.9 Å². The third-order valence-electron chi connectivity index (χ3n) is 3.34. The van der Waals surface area contributed by atoms with Crippen LogP contribution in [0.15, 0.2) is 24.3 Å². The van der Waals surface area contributed by atoms with Crippen LogP contribution in [0.5, 0.6) is 0 Å². The molecule has 0 spiro atoms. The minimum atomic E-state index is -0.890. The number of aliphatic carboxylic acids is 1. The third-order valence-corrected chi connectivity index (χ3v) is 3.34. The fourth-order valence-electron chi connectivity index (χ4n) is 2.20. The average Bonchev–Trinajstić information content (AvgIpc) is 2.88. The zero-order chi connectivity index (χ0) is 15.2. The van der Waals surface area contributed by atoms with Crippen LogP contribution in [0.4, 0.5) is 0 Å². The summed E-state index contributed by atoms with van der Waals surface area (Å²) in [5.41, 5.74) is 1.84. The number of H-pyrrole nitrogens is 1. The summed E-state index contributed by atoms with van der Waals surface area (Å²) >= 11 is 0. The lowest BCUT2D eigenvalue weighted by Gasteiger charge is -2.19.